The Hall–Kier alpha value is -1.05. The van der Waals surface area contributed by atoms with Crippen LogP contribution in [0.4, 0.5) is 0 Å². The minimum Gasteiger partial charge on any atom is -0.348 e. The van der Waals surface area contributed by atoms with Crippen LogP contribution in [0.5, 0.6) is 0 Å². The molecule has 20 heavy (non-hydrogen) atoms. The molecule has 2 aliphatic rings. The maximum Gasteiger partial charge on any atom is 0.0921 e. The molecule has 0 bridgehead atoms. The second-order valence-electron chi connectivity index (χ2n) is 6.92. The first-order chi connectivity index (χ1) is 9.81. The molecule has 0 spiro atoms. The molecule has 1 heterocycles. The molecule has 1 atom stereocenters. The number of nitrogens with zero attached hydrogens (tertiary/aromatic N) is 1. The van der Waals surface area contributed by atoms with E-state index < -0.39 is 0 Å². The molecule has 2 nitrogen and oxygen atoms in total. The van der Waals surface area contributed by atoms with E-state index in [1.165, 1.54) is 63.5 Å². The smallest absolute Gasteiger partial charge is 0.0921 e. The number of rotatable bonds is 6. The van der Waals surface area contributed by atoms with E-state index in [2.05, 4.69) is 29.0 Å². The van der Waals surface area contributed by atoms with E-state index in [0.29, 0.717) is 11.3 Å². The Bertz CT molecular complexity index is 422. The topological polar surface area (TPSA) is 28.7 Å². The average Bonchev–Trinajstić information content (AvgIpc) is 3.12. The van der Waals surface area contributed by atoms with Crippen molar-refractivity contribution in [2.75, 3.05) is 0 Å². The zero-order chi connectivity index (χ0) is 13.8. The quantitative estimate of drug-likeness (QED) is 0.726. The molecule has 0 saturated heterocycles. The maximum atomic E-state index is 4.19. The Morgan fingerprint density at radius 2 is 2.15 bits per heavy atom. The zero-order valence-electron chi connectivity index (χ0n) is 12.8. The highest BCUT2D eigenvalue weighted by molar-refractivity contribution is 5.26. The Morgan fingerprint density at radius 3 is 2.80 bits per heavy atom. The lowest BCUT2D eigenvalue weighted by molar-refractivity contribution is 0.341. The molecule has 1 N–H and O–H groups in total. The number of imidazole rings is 1. The molecule has 0 unspecified atom stereocenters. The van der Waals surface area contributed by atoms with Gasteiger partial charge in [0.05, 0.1) is 6.33 Å². The van der Waals surface area contributed by atoms with Crippen molar-refractivity contribution >= 4 is 0 Å². The molecule has 2 aliphatic carbocycles. The van der Waals surface area contributed by atoms with Crippen LogP contribution < -0.4 is 0 Å². The standard InChI is InChI=1S/C18H28N2/c1-15(18(11-12-18)17-13-19-14-20-17)7-5-6-10-16-8-3-2-4-9-16/h5,7,13-16H,2-4,6,8-12H2,1H3,(H,19,20)/t15-/m1/s1. The number of hydrogen-bond acceptors (Lipinski definition) is 1. The largest absolute Gasteiger partial charge is 0.348 e. The highest BCUT2D eigenvalue weighted by Crippen LogP contribution is 2.53. The van der Waals surface area contributed by atoms with Gasteiger partial charge in [-0.1, -0.05) is 51.2 Å². The van der Waals surface area contributed by atoms with E-state index in [1.54, 1.807) is 0 Å². The molecule has 2 heteroatoms. The molecule has 1 aromatic heterocycles. The minimum atomic E-state index is 0.373. The van der Waals surface area contributed by atoms with E-state index >= 15 is 0 Å². The van der Waals surface area contributed by atoms with E-state index in [-0.39, 0.29) is 0 Å². The predicted octanol–water partition coefficient (Wildman–Crippen LogP) is 4.99. The van der Waals surface area contributed by atoms with Crippen LogP contribution in [0.1, 0.15) is 70.4 Å². The van der Waals surface area contributed by atoms with E-state index in [0.717, 1.165) is 5.92 Å². The van der Waals surface area contributed by atoms with Crippen LogP contribution in [0.25, 0.3) is 0 Å². The highest BCUT2D eigenvalue weighted by atomic mass is 14.9. The molecule has 3 rings (SSSR count). The molecular formula is C18H28N2. The monoisotopic (exact) mass is 272 g/mol. The van der Waals surface area contributed by atoms with Gasteiger partial charge in [-0.3, -0.25) is 0 Å². The van der Waals surface area contributed by atoms with Crippen LogP contribution in [0.2, 0.25) is 0 Å². The summed E-state index contributed by atoms with van der Waals surface area (Å²) >= 11 is 0. The van der Waals surface area contributed by atoms with Crippen molar-refractivity contribution in [1.82, 2.24) is 9.97 Å². The molecule has 1 aromatic rings. The number of nitrogens with one attached hydrogen (secondary N) is 1. The fourth-order valence-electron chi connectivity index (χ4n) is 3.93. The van der Waals surface area contributed by atoms with Crippen LogP contribution in [-0.2, 0) is 5.41 Å². The number of aromatic nitrogens is 2. The summed E-state index contributed by atoms with van der Waals surface area (Å²) in [6.07, 6.45) is 21.4. The van der Waals surface area contributed by atoms with Gasteiger partial charge in [-0.25, -0.2) is 4.98 Å². The number of allylic oxidation sites excluding steroid dienone is 2. The van der Waals surface area contributed by atoms with Gasteiger partial charge in [-0.2, -0.15) is 0 Å². The van der Waals surface area contributed by atoms with Gasteiger partial charge in [0, 0.05) is 17.3 Å². The van der Waals surface area contributed by atoms with Crippen molar-refractivity contribution in [3.63, 3.8) is 0 Å². The van der Waals surface area contributed by atoms with Gasteiger partial charge in [0.2, 0.25) is 0 Å². The number of H-pyrrole nitrogens is 1. The van der Waals surface area contributed by atoms with E-state index in [4.69, 9.17) is 0 Å². The Morgan fingerprint density at radius 1 is 1.35 bits per heavy atom. The van der Waals surface area contributed by atoms with Crippen LogP contribution in [0, 0.1) is 11.8 Å². The van der Waals surface area contributed by atoms with Crippen molar-refractivity contribution in [2.45, 2.75) is 70.1 Å². The molecule has 110 valence electrons. The second-order valence-corrected chi connectivity index (χ2v) is 6.92. The summed E-state index contributed by atoms with van der Waals surface area (Å²) in [5.41, 5.74) is 1.71. The lowest BCUT2D eigenvalue weighted by Gasteiger charge is -2.21. The second kappa shape index (κ2) is 6.15. The zero-order valence-corrected chi connectivity index (χ0v) is 12.8. The Kier molecular flexibility index (Phi) is 4.28. The lowest BCUT2D eigenvalue weighted by atomic mass is 9.85. The average molecular weight is 272 g/mol. The van der Waals surface area contributed by atoms with Crippen LogP contribution in [0.15, 0.2) is 24.7 Å². The van der Waals surface area contributed by atoms with Crippen molar-refractivity contribution in [1.29, 1.82) is 0 Å². The van der Waals surface area contributed by atoms with Gasteiger partial charge in [-0.05, 0) is 37.5 Å². The van der Waals surface area contributed by atoms with Gasteiger partial charge < -0.3 is 4.98 Å². The molecular weight excluding hydrogens is 244 g/mol. The fraction of sp³-hybridized carbons (Fsp3) is 0.722. The van der Waals surface area contributed by atoms with Crippen LogP contribution >= 0.6 is 0 Å². The third-order valence-corrected chi connectivity index (χ3v) is 5.59. The fourth-order valence-corrected chi connectivity index (χ4v) is 3.93. The van der Waals surface area contributed by atoms with Gasteiger partial charge in [-0.15, -0.1) is 0 Å². The predicted molar refractivity (Wildman–Crippen MR) is 83.6 cm³/mol. The minimum absolute atomic E-state index is 0.373. The van der Waals surface area contributed by atoms with E-state index in [1.807, 2.05) is 12.5 Å². The summed E-state index contributed by atoms with van der Waals surface area (Å²) < 4.78 is 0. The Labute approximate surface area is 123 Å². The number of aromatic amines is 1. The number of hydrogen-bond donors (Lipinski definition) is 1. The van der Waals surface area contributed by atoms with Gasteiger partial charge >= 0.3 is 0 Å². The summed E-state index contributed by atoms with van der Waals surface area (Å²) in [7, 11) is 0. The van der Waals surface area contributed by atoms with Crippen molar-refractivity contribution in [3.8, 4) is 0 Å². The summed E-state index contributed by atoms with van der Waals surface area (Å²) in [6, 6.07) is 0. The summed E-state index contributed by atoms with van der Waals surface area (Å²) in [5, 5.41) is 0. The third-order valence-electron chi connectivity index (χ3n) is 5.59. The normalized spacial score (nSPS) is 24.1. The molecule has 0 aliphatic heterocycles. The molecule has 0 aromatic carbocycles. The molecule has 2 fully saturated rings. The van der Waals surface area contributed by atoms with Crippen molar-refractivity contribution in [2.24, 2.45) is 11.8 Å². The Balaban J connectivity index is 1.46. The van der Waals surface area contributed by atoms with Gasteiger partial charge in [0.15, 0.2) is 0 Å². The summed E-state index contributed by atoms with van der Waals surface area (Å²) in [5.74, 6) is 1.64. The molecule has 0 amide bonds. The van der Waals surface area contributed by atoms with E-state index in [9.17, 15) is 0 Å². The SMILES string of the molecule is C[C@H](C=CCCC1CCCCC1)C1(c2cnc[nH]2)CC1. The molecule has 2 saturated carbocycles. The van der Waals surface area contributed by atoms with Crippen LogP contribution in [0.3, 0.4) is 0 Å². The summed E-state index contributed by atoms with van der Waals surface area (Å²) in [4.78, 5) is 7.51. The van der Waals surface area contributed by atoms with Gasteiger partial charge in [0.1, 0.15) is 0 Å². The third kappa shape index (κ3) is 2.99. The first kappa shape index (κ1) is 13.9. The first-order valence-electron chi connectivity index (χ1n) is 8.47. The lowest BCUT2D eigenvalue weighted by Crippen LogP contribution is -2.16. The van der Waals surface area contributed by atoms with Crippen LogP contribution in [-0.4, -0.2) is 9.97 Å². The summed E-state index contributed by atoms with van der Waals surface area (Å²) in [6.45, 7) is 2.37. The first-order valence-corrected chi connectivity index (χ1v) is 8.47. The highest BCUT2D eigenvalue weighted by Gasteiger charge is 2.48. The maximum absolute atomic E-state index is 4.19. The van der Waals surface area contributed by atoms with Crippen molar-refractivity contribution < 1.29 is 0 Å². The molecule has 0 radical (unpaired) electrons. The van der Waals surface area contributed by atoms with Gasteiger partial charge in [0.25, 0.3) is 0 Å². The van der Waals surface area contributed by atoms with Crippen molar-refractivity contribution in [3.05, 3.63) is 30.4 Å².